The summed E-state index contributed by atoms with van der Waals surface area (Å²) in [7, 11) is 0. The number of hydrogen-bond donors (Lipinski definition) is 1. The Labute approximate surface area is 82.6 Å². The van der Waals surface area contributed by atoms with Gasteiger partial charge in [0.25, 0.3) is 0 Å². The molecule has 14 heavy (non-hydrogen) atoms. The molecule has 0 radical (unpaired) electrons. The molecule has 0 rings (SSSR count). The monoisotopic (exact) mass is 213 g/mol. The van der Waals surface area contributed by atoms with Crippen LogP contribution in [-0.2, 0) is 4.74 Å². The van der Waals surface area contributed by atoms with Crippen molar-refractivity contribution in [2.24, 2.45) is 11.7 Å². The van der Waals surface area contributed by atoms with E-state index < -0.39 is 12.8 Å². The Morgan fingerprint density at radius 1 is 1.36 bits per heavy atom. The molecule has 2 unspecified atom stereocenters. The van der Waals surface area contributed by atoms with E-state index in [1.165, 1.54) is 0 Å². The fraction of sp³-hybridized carbons (Fsp3) is 1.00. The molecular weight excluding hydrogens is 195 g/mol. The predicted octanol–water partition coefficient (Wildman–Crippen LogP) is 2.33. The van der Waals surface area contributed by atoms with Crippen LogP contribution in [0.15, 0.2) is 0 Å². The molecule has 5 heteroatoms. The Hall–Kier alpha value is -0.290. The Kier molecular flexibility index (Phi) is 6.11. The summed E-state index contributed by atoms with van der Waals surface area (Å²) in [5.74, 6) is 0.239. The van der Waals surface area contributed by atoms with E-state index in [1.54, 1.807) is 0 Å². The molecule has 0 aromatic heterocycles. The van der Waals surface area contributed by atoms with E-state index in [-0.39, 0.29) is 18.6 Å². The highest BCUT2D eigenvalue weighted by Gasteiger charge is 2.27. The molecule has 2 nitrogen and oxygen atoms in total. The number of hydrogen-bond acceptors (Lipinski definition) is 2. The van der Waals surface area contributed by atoms with Gasteiger partial charge in [0.1, 0.15) is 6.61 Å². The zero-order chi connectivity index (χ0) is 11.2. The minimum absolute atomic E-state index is 0.00878. The first-order valence-electron chi connectivity index (χ1n) is 4.77. The standard InChI is InChI=1S/C9H18F3NO/c1-3-8(7(2)13)4-5-14-6-9(10,11)12/h7-8H,3-6,13H2,1-2H3. The summed E-state index contributed by atoms with van der Waals surface area (Å²) in [5.41, 5.74) is 5.64. The molecule has 0 saturated heterocycles. The van der Waals surface area contributed by atoms with Gasteiger partial charge in [-0.2, -0.15) is 13.2 Å². The molecular formula is C9H18F3NO. The number of nitrogens with two attached hydrogens (primary N) is 1. The average molecular weight is 213 g/mol. The van der Waals surface area contributed by atoms with Crippen LogP contribution in [0.3, 0.4) is 0 Å². The molecule has 0 bridgehead atoms. The molecule has 0 fully saturated rings. The molecule has 0 amide bonds. The van der Waals surface area contributed by atoms with Crippen molar-refractivity contribution < 1.29 is 17.9 Å². The number of rotatable bonds is 6. The van der Waals surface area contributed by atoms with Gasteiger partial charge in [-0.25, -0.2) is 0 Å². The first kappa shape index (κ1) is 13.7. The lowest BCUT2D eigenvalue weighted by Gasteiger charge is -2.18. The van der Waals surface area contributed by atoms with Crippen LogP contribution in [0.2, 0.25) is 0 Å². The third kappa shape index (κ3) is 7.15. The molecule has 86 valence electrons. The quantitative estimate of drug-likeness (QED) is 0.687. The summed E-state index contributed by atoms with van der Waals surface area (Å²) >= 11 is 0. The minimum atomic E-state index is -4.23. The van der Waals surface area contributed by atoms with Crippen LogP contribution >= 0.6 is 0 Å². The van der Waals surface area contributed by atoms with E-state index in [0.717, 1.165) is 6.42 Å². The summed E-state index contributed by atoms with van der Waals surface area (Å²) in [6.45, 7) is 2.79. The molecule has 0 aliphatic carbocycles. The topological polar surface area (TPSA) is 35.2 Å². The molecule has 2 N–H and O–H groups in total. The van der Waals surface area contributed by atoms with Crippen LogP contribution < -0.4 is 5.73 Å². The highest BCUT2D eigenvalue weighted by molar-refractivity contribution is 4.66. The van der Waals surface area contributed by atoms with Crippen molar-refractivity contribution in [2.75, 3.05) is 13.2 Å². The Morgan fingerprint density at radius 2 is 1.93 bits per heavy atom. The maximum Gasteiger partial charge on any atom is 0.411 e. The number of halogens is 3. The van der Waals surface area contributed by atoms with Gasteiger partial charge in [0.2, 0.25) is 0 Å². The largest absolute Gasteiger partial charge is 0.411 e. The van der Waals surface area contributed by atoms with Gasteiger partial charge < -0.3 is 10.5 Å². The Morgan fingerprint density at radius 3 is 2.29 bits per heavy atom. The normalized spacial score (nSPS) is 16.7. The smallest absolute Gasteiger partial charge is 0.372 e. The Bertz CT molecular complexity index is 147. The van der Waals surface area contributed by atoms with Crippen LogP contribution in [0.1, 0.15) is 26.7 Å². The lowest BCUT2D eigenvalue weighted by molar-refractivity contribution is -0.174. The van der Waals surface area contributed by atoms with E-state index in [2.05, 4.69) is 4.74 Å². The van der Waals surface area contributed by atoms with Crippen molar-refractivity contribution in [2.45, 2.75) is 38.9 Å². The van der Waals surface area contributed by atoms with E-state index in [0.29, 0.717) is 6.42 Å². The molecule has 0 aliphatic heterocycles. The maximum atomic E-state index is 11.7. The average Bonchev–Trinajstić information content (AvgIpc) is 2.01. The van der Waals surface area contributed by atoms with Crippen molar-refractivity contribution in [3.63, 3.8) is 0 Å². The van der Waals surface area contributed by atoms with Gasteiger partial charge in [-0.05, 0) is 19.3 Å². The van der Waals surface area contributed by atoms with Crippen molar-refractivity contribution in [3.05, 3.63) is 0 Å². The lowest BCUT2D eigenvalue weighted by atomic mass is 9.96. The number of alkyl halides is 3. The van der Waals surface area contributed by atoms with Gasteiger partial charge in [-0.3, -0.25) is 0 Å². The maximum absolute atomic E-state index is 11.7. The van der Waals surface area contributed by atoms with Crippen molar-refractivity contribution in [1.82, 2.24) is 0 Å². The fourth-order valence-electron chi connectivity index (χ4n) is 1.26. The van der Waals surface area contributed by atoms with E-state index in [1.807, 2.05) is 13.8 Å². The van der Waals surface area contributed by atoms with Gasteiger partial charge in [0.15, 0.2) is 0 Å². The van der Waals surface area contributed by atoms with Crippen LogP contribution in [0.4, 0.5) is 13.2 Å². The van der Waals surface area contributed by atoms with Crippen LogP contribution in [0.25, 0.3) is 0 Å². The zero-order valence-electron chi connectivity index (χ0n) is 8.60. The summed E-state index contributed by atoms with van der Waals surface area (Å²) in [5, 5.41) is 0. The summed E-state index contributed by atoms with van der Waals surface area (Å²) in [6.07, 6.45) is -2.77. The first-order valence-corrected chi connectivity index (χ1v) is 4.77. The first-order chi connectivity index (χ1) is 6.37. The molecule has 0 spiro atoms. The van der Waals surface area contributed by atoms with Crippen LogP contribution in [-0.4, -0.2) is 25.4 Å². The minimum Gasteiger partial charge on any atom is -0.372 e. The van der Waals surface area contributed by atoms with Crippen molar-refractivity contribution in [1.29, 1.82) is 0 Å². The SMILES string of the molecule is CCC(CCOCC(F)(F)F)C(C)N. The highest BCUT2D eigenvalue weighted by atomic mass is 19.4. The van der Waals surface area contributed by atoms with Crippen molar-refractivity contribution in [3.8, 4) is 0 Å². The number of ether oxygens (including phenoxy) is 1. The fourth-order valence-corrected chi connectivity index (χ4v) is 1.26. The van der Waals surface area contributed by atoms with E-state index >= 15 is 0 Å². The van der Waals surface area contributed by atoms with E-state index in [4.69, 9.17) is 5.73 Å². The summed E-state index contributed by atoms with van der Waals surface area (Å²) < 4.78 is 39.5. The van der Waals surface area contributed by atoms with Gasteiger partial charge >= 0.3 is 6.18 Å². The van der Waals surface area contributed by atoms with Crippen LogP contribution in [0.5, 0.6) is 0 Å². The van der Waals surface area contributed by atoms with Gasteiger partial charge in [-0.15, -0.1) is 0 Å². The second kappa shape index (κ2) is 6.24. The van der Waals surface area contributed by atoms with Gasteiger partial charge in [-0.1, -0.05) is 13.3 Å². The zero-order valence-corrected chi connectivity index (χ0v) is 8.60. The molecule has 0 heterocycles. The molecule has 2 atom stereocenters. The molecule has 0 aromatic carbocycles. The highest BCUT2D eigenvalue weighted by Crippen LogP contribution is 2.16. The second-order valence-electron chi connectivity index (χ2n) is 3.48. The van der Waals surface area contributed by atoms with Crippen molar-refractivity contribution >= 4 is 0 Å². The van der Waals surface area contributed by atoms with Gasteiger partial charge in [0.05, 0.1) is 0 Å². The van der Waals surface area contributed by atoms with Crippen LogP contribution in [0, 0.1) is 5.92 Å². The van der Waals surface area contributed by atoms with E-state index in [9.17, 15) is 13.2 Å². The third-order valence-electron chi connectivity index (χ3n) is 2.17. The summed E-state index contributed by atoms with van der Waals surface area (Å²) in [6, 6.07) is 0.00878. The molecule has 0 aromatic rings. The van der Waals surface area contributed by atoms with Gasteiger partial charge in [0, 0.05) is 12.6 Å². The lowest BCUT2D eigenvalue weighted by Crippen LogP contribution is -2.27. The second-order valence-corrected chi connectivity index (χ2v) is 3.48. The summed E-state index contributed by atoms with van der Waals surface area (Å²) in [4.78, 5) is 0. The predicted molar refractivity (Wildman–Crippen MR) is 48.9 cm³/mol. The molecule has 0 aliphatic rings. The molecule has 0 saturated carbocycles. The third-order valence-corrected chi connectivity index (χ3v) is 2.17. The Balaban J connectivity index is 3.52.